The molecule has 0 spiro atoms. The summed E-state index contributed by atoms with van der Waals surface area (Å²) in [4.78, 5) is 96.3. The number of carbonyl (C=O) groups is 8. The Bertz CT molecular complexity index is 1250. The lowest BCUT2D eigenvalue weighted by molar-refractivity contribution is -0.315. The Morgan fingerprint density at radius 3 is 1.59 bits per heavy atom. The Morgan fingerprint density at radius 1 is 0.612 bits per heavy atom. The molecular formula is C29H41NO19. The fourth-order valence-electron chi connectivity index (χ4n) is 5.15. The van der Waals surface area contributed by atoms with Crippen molar-refractivity contribution in [3.63, 3.8) is 0 Å². The van der Waals surface area contributed by atoms with E-state index in [0.29, 0.717) is 0 Å². The summed E-state index contributed by atoms with van der Waals surface area (Å²) in [5.74, 6) is -6.84. The van der Waals surface area contributed by atoms with Crippen LogP contribution < -0.4 is 5.32 Å². The molecule has 2 N–H and O–H groups in total. The predicted molar refractivity (Wildman–Crippen MR) is 153 cm³/mol. The first-order valence-electron chi connectivity index (χ1n) is 14.8. The molecule has 0 bridgehead atoms. The van der Waals surface area contributed by atoms with Gasteiger partial charge in [-0.1, -0.05) is 0 Å². The van der Waals surface area contributed by atoms with E-state index in [9.17, 15) is 43.5 Å². The van der Waals surface area contributed by atoms with Gasteiger partial charge in [-0.3, -0.25) is 38.4 Å². The number of aliphatic hydroxyl groups is 1. The second kappa shape index (κ2) is 18.4. The smallest absolute Gasteiger partial charge is 0.303 e. The highest BCUT2D eigenvalue weighted by Gasteiger charge is 2.56. The van der Waals surface area contributed by atoms with Gasteiger partial charge in [-0.15, -0.1) is 0 Å². The van der Waals surface area contributed by atoms with Crippen LogP contribution in [0.25, 0.3) is 0 Å². The summed E-state index contributed by atoms with van der Waals surface area (Å²) in [5, 5.41) is 13.3. The third-order valence-electron chi connectivity index (χ3n) is 6.63. The van der Waals surface area contributed by atoms with E-state index in [2.05, 4.69) is 5.32 Å². The first kappa shape index (κ1) is 40.8. The molecule has 11 atom stereocenters. The summed E-state index contributed by atoms with van der Waals surface area (Å²) in [7, 11) is 0. The van der Waals surface area contributed by atoms with Crippen molar-refractivity contribution < 1.29 is 90.8 Å². The molecule has 20 heteroatoms. The Balaban J connectivity index is 2.58. The van der Waals surface area contributed by atoms with Crippen LogP contribution in [0.2, 0.25) is 0 Å². The number of aliphatic hydroxyl groups excluding tert-OH is 1. The number of hydrogen-bond donors (Lipinski definition) is 2. The minimum Gasteiger partial charge on any atom is -0.463 e. The normalized spacial score (nSPS) is 30.0. The largest absolute Gasteiger partial charge is 0.463 e. The summed E-state index contributed by atoms with van der Waals surface area (Å²) >= 11 is 0. The average Bonchev–Trinajstić information content (AvgIpc) is 2.94. The summed E-state index contributed by atoms with van der Waals surface area (Å²) in [6, 6.07) is -1.42. The van der Waals surface area contributed by atoms with Crippen LogP contribution in [-0.2, 0) is 85.7 Å². The summed E-state index contributed by atoms with van der Waals surface area (Å²) in [5.41, 5.74) is 0. The quantitative estimate of drug-likeness (QED) is 0.156. The van der Waals surface area contributed by atoms with E-state index >= 15 is 0 Å². The lowest BCUT2D eigenvalue weighted by atomic mass is 9.94. The first-order valence-corrected chi connectivity index (χ1v) is 14.8. The van der Waals surface area contributed by atoms with Crippen LogP contribution in [0.4, 0.5) is 0 Å². The second-order valence-electron chi connectivity index (χ2n) is 10.9. The number of carbonyl (C=O) groups excluding carboxylic acids is 8. The van der Waals surface area contributed by atoms with E-state index in [1.807, 2.05) is 0 Å². The zero-order valence-corrected chi connectivity index (χ0v) is 28.1. The molecule has 2 rings (SSSR count). The molecule has 2 aliphatic heterocycles. The monoisotopic (exact) mass is 707 g/mol. The highest BCUT2D eigenvalue weighted by atomic mass is 16.7. The van der Waals surface area contributed by atoms with Gasteiger partial charge in [0.05, 0.1) is 6.61 Å². The Hall–Kier alpha value is -4.40. The van der Waals surface area contributed by atoms with Gasteiger partial charge in [0.1, 0.15) is 24.9 Å². The molecular weight excluding hydrogens is 666 g/mol. The summed E-state index contributed by atoms with van der Waals surface area (Å²) < 4.78 is 54.4. The number of ether oxygens (including phenoxy) is 10. The third kappa shape index (κ3) is 12.5. The number of hydrogen-bond acceptors (Lipinski definition) is 19. The zero-order valence-electron chi connectivity index (χ0n) is 28.1. The van der Waals surface area contributed by atoms with Crippen molar-refractivity contribution >= 4 is 47.7 Å². The number of amides is 1. The molecule has 0 radical (unpaired) electrons. The summed E-state index contributed by atoms with van der Waals surface area (Å²) in [6.45, 7) is 7.02. The van der Waals surface area contributed by atoms with Gasteiger partial charge in [-0.25, -0.2) is 0 Å². The van der Waals surface area contributed by atoms with Crippen LogP contribution >= 0.6 is 0 Å². The topological polar surface area (TPSA) is 261 Å². The van der Waals surface area contributed by atoms with Gasteiger partial charge in [0, 0.05) is 55.4 Å². The molecule has 1 amide bonds. The third-order valence-corrected chi connectivity index (χ3v) is 6.63. The predicted octanol–water partition coefficient (Wildman–Crippen LogP) is -1.90. The Labute approximate surface area is 280 Å². The van der Waals surface area contributed by atoms with Gasteiger partial charge in [-0.05, 0) is 0 Å². The molecule has 2 saturated heterocycles. The molecule has 0 aromatic rings. The molecule has 2 fully saturated rings. The number of nitrogens with one attached hydrogen (secondary N) is 1. The average molecular weight is 708 g/mol. The molecule has 2 heterocycles. The molecule has 6 unspecified atom stereocenters. The van der Waals surface area contributed by atoms with Crippen LogP contribution in [0, 0.1) is 0 Å². The molecule has 276 valence electrons. The van der Waals surface area contributed by atoms with Crippen molar-refractivity contribution in [2.24, 2.45) is 0 Å². The maximum absolute atomic E-state index is 12.3. The van der Waals surface area contributed by atoms with E-state index in [1.165, 1.54) is 0 Å². The lowest BCUT2D eigenvalue weighted by Crippen LogP contribution is -2.67. The number of esters is 7. The number of rotatable bonds is 13. The van der Waals surface area contributed by atoms with Crippen LogP contribution in [0.3, 0.4) is 0 Å². The maximum atomic E-state index is 12.3. The standard InChI is InChI=1S/C29H41NO19/c1-11(31)30-21-24(44-15(5)35)22(43-14(4)34)20(9-40-12(2)32)48-29(21)41-10-19(42-13(3)33)23-25(45-16(6)36)26(46-17(7)37)27(28(39)49-23)47-18(8)38/h19-29,39H,9-10H2,1-8H3,(H,30,31)/t19?,20?,21?,22?,23-,24?,25-,26+,27-,28+,29?/m1/s1. The SMILES string of the molecule is CC(=O)NC1C(OCC(OC(C)=O)[C@H]2O[C@H](O)[C@H](OC(C)=O)[C@@H](OC(C)=O)[C@@H]2OC(C)=O)OC(COC(C)=O)C(OC(C)=O)C1OC(C)=O. The first-order chi connectivity index (χ1) is 22.8. The van der Waals surface area contributed by atoms with Gasteiger partial charge in [0.15, 0.2) is 49.2 Å². The van der Waals surface area contributed by atoms with E-state index in [0.717, 1.165) is 55.4 Å². The summed E-state index contributed by atoms with van der Waals surface area (Å²) in [6.07, 6.45) is -16.3. The van der Waals surface area contributed by atoms with E-state index in [-0.39, 0.29) is 0 Å². The van der Waals surface area contributed by atoms with Crippen molar-refractivity contribution in [2.45, 2.75) is 123 Å². The van der Waals surface area contributed by atoms with Gasteiger partial charge in [0.2, 0.25) is 5.91 Å². The lowest BCUT2D eigenvalue weighted by Gasteiger charge is -2.46. The molecule has 49 heavy (non-hydrogen) atoms. The highest BCUT2D eigenvalue weighted by molar-refractivity contribution is 5.74. The van der Waals surface area contributed by atoms with Crippen molar-refractivity contribution in [1.82, 2.24) is 5.32 Å². The van der Waals surface area contributed by atoms with Crippen molar-refractivity contribution in [3.05, 3.63) is 0 Å². The van der Waals surface area contributed by atoms with Crippen LogP contribution in [0.15, 0.2) is 0 Å². The van der Waals surface area contributed by atoms with E-state index < -0.39 is 128 Å². The van der Waals surface area contributed by atoms with E-state index in [1.54, 1.807) is 0 Å². The van der Waals surface area contributed by atoms with Crippen LogP contribution in [0.5, 0.6) is 0 Å². The fraction of sp³-hybridized carbons (Fsp3) is 0.724. The minimum atomic E-state index is -2.02. The van der Waals surface area contributed by atoms with Crippen molar-refractivity contribution in [1.29, 1.82) is 0 Å². The molecule has 0 saturated carbocycles. The minimum absolute atomic E-state index is 0.543. The van der Waals surface area contributed by atoms with Gasteiger partial charge < -0.3 is 57.8 Å². The molecule has 0 aromatic heterocycles. The maximum Gasteiger partial charge on any atom is 0.303 e. The van der Waals surface area contributed by atoms with Gasteiger partial charge in [0.25, 0.3) is 0 Å². The van der Waals surface area contributed by atoms with Crippen molar-refractivity contribution in [2.75, 3.05) is 13.2 Å². The Morgan fingerprint density at radius 2 is 1.10 bits per heavy atom. The molecule has 2 aliphatic rings. The van der Waals surface area contributed by atoms with Crippen LogP contribution in [0.1, 0.15) is 55.4 Å². The highest BCUT2D eigenvalue weighted by Crippen LogP contribution is 2.32. The molecule has 0 aromatic carbocycles. The molecule has 0 aliphatic carbocycles. The van der Waals surface area contributed by atoms with Crippen molar-refractivity contribution in [3.8, 4) is 0 Å². The van der Waals surface area contributed by atoms with Crippen LogP contribution in [-0.4, -0.2) is 133 Å². The second-order valence-corrected chi connectivity index (χ2v) is 10.9. The molecule has 20 nitrogen and oxygen atoms in total. The van der Waals surface area contributed by atoms with Gasteiger partial charge in [-0.2, -0.15) is 0 Å². The van der Waals surface area contributed by atoms with E-state index in [4.69, 9.17) is 47.4 Å². The van der Waals surface area contributed by atoms with Gasteiger partial charge >= 0.3 is 41.8 Å². The Kier molecular flexibility index (Phi) is 15.3. The fourth-order valence-corrected chi connectivity index (χ4v) is 5.15. The zero-order chi connectivity index (χ0) is 37.2.